The number of quaternary nitrogens is 1. The van der Waals surface area contributed by atoms with Gasteiger partial charge in [-0.1, -0.05) is 0 Å². The van der Waals surface area contributed by atoms with Gasteiger partial charge in [-0.25, -0.2) is 0 Å². The summed E-state index contributed by atoms with van der Waals surface area (Å²) in [4.78, 5) is 1.58. The molecule has 0 saturated carbocycles. The minimum atomic E-state index is 0.292. The summed E-state index contributed by atoms with van der Waals surface area (Å²) in [5.41, 5.74) is 0.292. The van der Waals surface area contributed by atoms with Crippen LogP contribution >= 0.6 is 0 Å². The Morgan fingerprint density at radius 2 is 2.33 bits per heavy atom. The predicted octanol–water partition coefficient (Wildman–Crippen LogP) is -0.588. The maximum atomic E-state index is 5.65. The van der Waals surface area contributed by atoms with Crippen molar-refractivity contribution in [3.05, 3.63) is 0 Å². The molecule has 0 aromatic heterocycles. The van der Waals surface area contributed by atoms with E-state index in [4.69, 9.17) is 4.74 Å². The highest BCUT2D eigenvalue weighted by molar-refractivity contribution is 4.78. The molecule has 1 unspecified atom stereocenters. The summed E-state index contributed by atoms with van der Waals surface area (Å²) < 4.78 is 5.65. The van der Waals surface area contributed by atoms with Gasteiger partial charge in [0.15, 0.2) is 0 Å². The maximum Gasteiger partial charge on any atom is 0.206 e. The smallest absolute Gasteiger partial charge is 0.206 e. The summed E-state index contributed by atoms with van der Waals surface area (Å²) >= 11 is 0. The zero-order chi connectivity index (χ0) is 6.32. The first-order valence-corrected chi connectivity index (χ1v) is 3.80. The molecule has 0 radical (unpaired) electrons. The molecule has 1 N–H and O–H groups in total. The minimum Gasteiger partial charge on any atom is -0.327 e. The van der Waals surface area contributed by atoms with Gasteiger partial charge in [0.2, 0.25) is 5.72 Å². The summed E-state index contributed by atoms with van der Waals surface area (Å²) in [6.07, 6.45) is 3.86. The molecule has 2 heteroatoms. The lowest BCUT2D eigenvalue weighted by Gasteiger charge is -2.42. The van der Waals surface area contributed by atoms with Crippen molar-refractivity contribution in [3.8, 4) is 0 Å². The Balaban J connectivity index is 2.06. The third kappa shape index (κ3) is 0.634. The molecule has 2 heterocycles. The maximum absolute atomic E-state index is 5.65. The largest absolute Gasteiger partial charge is 0.327 e. The van der Waals surface area contributed by atoms with Crippen molar-refractivity contribution >= 4 is 0 Å². The lowest BCUT2D eigenvalue weighted by Crippen LogP contribution is -3.24. The van der Waals surface area contributed by atoms with Crippen molar-refractivity contribution in [1.29, 1.82) is 0 Å². The van der Waals surface area contributed by atoms with E-state index < -0.39 is 0 Å². The van der Waals surface area contributed by atoms with Crippen LogP contribution in [0.2, 0.25) is 0 Å². The van der Waals surface area contributed by atoms with Gasteiger partial charge in [-0.15, -0.1) is 0 Å². The fourth-order valence-corrected chi connectivity index (χ4v) is 1.89. The zero-order valence-electron chi connectivity index (χ0n) is 5.94. The lowest BCUT2D eigenvalue weighted by atomic mass is 9.96. The van der Waals surface area contributed by atoms with E-state index in [1.54, 1.807) is 4.90 Å². The van der Waals surface area contributed by atoms with Crippen LogP contribution in [0.5, 0.6) is 0 Å². The zero-order valence-corrected chi connectivity index (χ0v) is 5.94. The van der Waals surface area contributed by atoms with Crippen LogP contribution in [0.4, 0.5) is 0 Å². The lowest BCUT2D eigenvalue weighted by molar-refractivity contribution is -1.01. The molecule has 2 rings (SSSR count). The third-order valence-corrected chi connectivity index (χ3v) is 2.78. The Kier molecular flexibility index (Phi) is 1.08. The van der Waals surface area contributed by atoms with E-state index in [9.17, 15) is 0 Å². The van der Waals surface area contributed by atoms with Gasteiger partial charge in [0.25, 0.3) is 0 Å². The topological polar surface area (TPSA) is 13.7 Å². The Hall–Kier alpha value is -0.0800. The second-order valence-corrected chi connectivity index (χ2v) is 3.23. The molecule has 2 saturated heterocycles. The van der Waals surface area contributed by atoms with Crippen molar-refractivity contribution in [2.24, 2.45) is 0 Å². The normalized spacial score (nSPS) is 49.7. The number of hydrogen-bond acceptors (Lipinski definition) is 1. The molecule has 2 aliphatic heterocycles. The van der Waals surface area contributed by atoms with E-state index in [1.165, 1.54) is 25.8 Å². The molecule has 2 aliphatic rings. The van der Waals surface area contributed by atoms with Gasteiger partial charge in [0.1, 0.15) is 0 Å². The second-order valence-electron chi connectivity index (χ2n) is 3.23. The van der Waals surface area contributed by atoms with Crippen molar-refractivity contribution in [3.63, 3.8) is 0 Å². The molecule has 0 aliphatic carbocycles. The molecule has 9 heavy (non-hydrogen) atoms. The Morgan fingerprint density at radius 3 is 2.56 bits per heavy atom. The van der Waals surface area contributed by atoms with E-state index in [2.05, 4.69) is 7.05 Å². The first-order valence-electron chi connectivity index (χ1n) is 3.80. The predicted molar refractivity (Wildman–Crippen MR) is 34.3 cm³/mol. The van der Waals surface area contributed by atoms with Crippen LogP contribution in [0.25, 0.3) is 0 Å². The molecule has 52 valence electrons. The molecule has 0 aromatic rings. The number of rotatable bonds is 0. The van der Waals surface area contributed by atoms with Gasteiger partial charge >= 0.3 is 0 Å². The number of hydrogen-bond donors (Lipinski definition) is 1. The summed E-state index contributed by atoms with van der Waals surface area (Å²) in [5.74, 6) is 0. The standard InChI is InChI=1S/C7H13NO/c1-8-5-4-7(8)3-2-6-9-7/h2-6H2,1H3/p+1/t7-/m1/s1. The van der Waals surface area contributed by atoms with E-state index in [-0.39, 0.29) is 0 Å². The van der Waals surface area contributed by atoms with Gasteiger partial charge in [0.05, 0.1) is 26.6 Å². The van der Waals surface area contributed by atoms with Crippen LogP contribution < -0.4 is 4.90 Å². The number of nitrogens with one attached hydrogen (secondary N) is 1. The summed E-state index contributed by atoms with van der Waals surface area (Å²) in [5, 5.41) is 0. The van der Waals surface area contributed by atoms with Crippen molar-refractivity contribution in [2.45, 2.75) is 25.0 Å². The van der Waals surface area contributed by atoms with Gasteiger partial charge in [-0.05, 0) is 6.42 Å². The monoisotopic (exact) mass is 128 g/mol. The van der Waals surface area contributed by atoms with Crippen LogP contribution in [-0.2, 0) is 4.74 Å². The van der Waals surface area contributed by atoms with Gasteiger partial charge in [0, 0.05) is 6.42 Å². The van der Waals surface area contributed by atoms with E-state index in [0.29, 0.717) is 5.72 Å². The van der Waals surface area contributed by atoms with Crippen molar-refractivity contribution in [1.82, 2.24) is 0 Å². The van der Waals surface area contributed by atoms with Crippen molar-refractivity contribution in [2.75, 3.05) is 20.2 Å². The van der Waals surface area contributed by atoms with Crippen LogP contribution in [0.15, 0.2) is 0 Å². The average Bonchev–Trinajstić information content (AvgIpc) is 2.34. The van der Waals surface area contributed by atoms with Gasteiger partial charge in [-0.2, -0.15) is 0 Å². The van der Waals surface area contributed by atoms with Crippen LogP contribution in [-0.4, -0.2) is 25.9 Å². The molecule has 2 atom stereocenters. The van der Waals surface area contributed by atoms with Crippen molar-refractivity contribution < 1.29 is 9.64 Å². The minimum absolute atomic E-state index is 0.292. The summed E-state index contributed by atoms with van der Waals surface area (Å²) in [6.45, 7) is 2.30. The molecular formula is C7H14NO+. The Labute approximate surface area is 55.8 Å². The Bertz CT molecular complexity index is 118. The van der Waals surface area contributed by atoms with E-state index >= 15 is 0 Å². The Morgan fingerprint density at radius 1 is 1.44 bits per heavy atom. The highest BCUT2D eigenvalue weighted by atomic mass is 16.5. The van der Waals surface area contributed by atoms with E-state index in [0.717, 1.165) is 6.61 Å². The summed E-state index contributed by atoms with van der Waals surface area (Å²) in [6, 6.07) is 0. The quantitative estimate of drug-likeness (QED) is 0.460. The first-order chi connectivity index (χ1) is 4.33. The van der Waals surface area contributed by atoms with Crippen LogP contribution in [0.1, 0.15) is 19.3 Å². The van der Waals surface area contributed by atoms with Crippen LogP contribution in [0.3, 0.4) is 0 Å². The molecule has 0 bridgehead atoms. The number of ether oxygens (including phenoxy) is 1. The van der Waals surface area contributed by atoms with Gasteiger partial charge in [-0.3, -0.25) is 0 Å². The molecule has 2 nitrogen and oxygen atoms in total. The first kappa shape index (κ1) is 5.69. The SMILES string of the molecule is C[NH+]1CC[C@]12CCCO2. The highest BCUT2D eigenvalue weighted by Crippen LogP contribution is 2.26. The summed E-state index contributed by atoms with van der Waals surface area (Å²) in [7, 11) is 2.23. The fraction of sp³-hybridized carbons (Fsp3) is 1.00. The van der Waals surface area contributed by atoms with Gasteiger partial charge < -0.3 is 9.64 Å². The average molecular weight is 128 g/mol. The highest BCUT2D eigenvalue weighted by Gasteiger charge is 2.50. The second kappa shape index (κ2) is 1.70. The van der Waals surface area contributed by atoms with Crippen LogP contribution in [0, 0.1) is 0 Å². The molecular weight excluding hydrogens is 114 g/mol. The number of likely N-dealkylation sites (tertiary alicyclic amines) is 1. The molecule has 2 fully saturated rings. The fourth-order valence-electron chi connectivity index (χ4n) is 1.89. The van der Waals surface area contributed by atoms with E-state index in [1.807, 2.05) is 0 Å². The molecule has 0 amide bonds. The molecule has 1 spiro atoms. The third-order valence-electron chi connectivity index (χ3n) is 2.78. The molecule has 0 aromatic carbocycles.